The molecule has 2 rings (SSSR count). The van der Waals surface area contributed by atoms with Crippen molar-refractivity contribution in [3.63, 3.8) is 0 Å². The molecule has 0 saturated heterocycles. The highest BCUT2D eigenvalue weighted by atomic mass is 16.3. The maximum absolute atomic E-state index is 11.8. The second-order valence-electron chi connectivity index (χ2n) is 4.67. The first kappa shape index (κ1) is 14.2. The number of carbonyl (C=O) groups excluding carboxylic acids is 1. The van der Waals surface area contributed by atoms with Gasteiger partial charge < -0.3 is 10.4 Å². The third-order valence-corrected chi connectivity index (χ3v) is 2.94. The third kappa shape index (κ3) is 3.42. The highest BCUT2D eigenvalue weighted by molar-refractivity contribution is 5.81. The van der Waals surface area contributed by atoms with E-state index in [2.05, 4.69) is 10.4 Å². The van der Waals surface area contributed by atoms with Gasteiger partial charge in [-0.2, -0.15) is 5.10 Å². The lowest BCUT2D eigenvalue weighted by Gasteiger charge is -2.10. The van der Waals surface area contributed by atoms with Crippen molar-refractivity contribution in [3.8, 4) is 0 Å². The number of hydrogen-bond donors (Lipinski definition) is 2. The number of aromatic nitrogens is 2. The molecule has 1 atom stereocenters. The van der Waals surface area contributed by atoms with Crippen molar-refractivity contribution in [2.45, 2.75) is 26.0 Å². The van der Waals surface area contributed by atoms with Gasteiger partial charge in [0.15, 0.2) is 0 Å². The van der Waals surface area contributed by atoms with E-state index >= 15 is 0 Å². The van der Waals surface area contributed by atoms with Crippen LogP contribution in [0.2, 0.25) is 0 Å². The summed E-state index contributed by atoms with van der Waals surface area (Å²) in [5.74, 6) is -0.202. The van der Waals surface area contributed by atoms with Crippen LogP contribution < -0.4 is 10.7 Å². The molecule has 2 N–H and O–H groups in total. The van der Waals surface area contributed by atoms with Crippen molar-refractivity contribution < 1.29 is 9.90 Å². The van der Waals surface area contributed by atoms with E-state index in [1.54, 1.807) is 31.2 Å². The number of rotatable bonds is 5. The maximum atomic E-state index is 11.8. The average Bonchev–Trinajstić information content (AvgIpc) is 2.42. The molecule has 0 aliphatic rings. The number of carbonyl (C=O) groups is 1. The molecule has 0 aliphatic carbocycles. The van der Waals surface area contributed by atoms with Crippen molar-refractivity contribution in [1.29, 1.82) is 0 Å². The fourth-order valence-corrected chi connectivity index (χ4v) is 1.90. The number of para-hydroxylation sites is 1. The molecule has 1 aromatic carbocycles. The van der Waals surface area contributed by atoms with E-state index in [9.17, 15) is 9.59 Å². The lowest BCUT2D eigenvalue weighted by molar-refractivity contribution is -0.121. The van der Waals surface area contributed by atoms with Crippen molar-refractivity contribution in [3.05, 3.63) is 40.7 Å². The van der Waals surface area contributed by atoms with E-state index in [0.717, 1.165) is 0 Å². The highest BCUT2D eigenvalue weighted by Gasteiger charge is 2.07. The molecule has 20 heavy (non-hydrogen) atoms. The van der Waals surface area contributed by atoms with Crippen LogP contribution in [0.15, 0.2) is 35.3 Å². The summed E-state index contributed by atoms with van der Waals surface area (Å²) in [6, 6.07) is 7.04. The number of amides is 1. The number of aliphatic hydroxyl groups excluding tert-OH is 1. The minimum absolute atomic E-state index is 0.0423. The summed E-state index contributed by atoms with van der Waals surface area (Å²) in [6.45, 7) is 2.12. The third-order valence-electron chi connectivity index (χ3n) is 2.94. The highest BCUT2D eigenvalue weighted by Crippen LogP contribution is 2.07. The molecular formula is C14H17N3O3. The summed E-state index contributed by atoms with van der Waals surface area (Å²) in [4.78, 5) is 23.5. The number of nitrogens with one attached hydrogen (secondary N) is 1. The van der Waals surface area contributed by atoms with Crippen LogP contribution in [0, 0.1) is 0 Å². The van der Waals surface area contributed by atoms with Gasteiger partial charge in [0.1, 0.15) is 6.54 Å². The Morgan fingerprint density at radius 3 is 2.95 bits per heavy atom. The van der Waals surface area contributed by atoms with Gasteiger partial charge in [0.2, 0.25) is 11.3 Å². The summed E-state index contributed by atoms with van der Waals surface area (Å²) >= 11 is 0. The van der Waals surface area contributed by atoms with Crippen molar-refractivity contribution >= 4 is 16.8 Å². The molecule has 0 spiro atoms. The average molecular weight is 275 g/mol. The first-order chi connectivity index (χ1) is 9.58. The molecule has 0 bridgehead atoms. The Morgan fingerprint density at radius 2 is 2.20 bits per heavy atom. The SMILES string of the molecule is CC(O)CCNC(=O)Cn1ncc(=O)c2ccccc21. The van der Waals surface area contributed by atoms with Gasteiger partial charge in [-0.25, -0.2) is 0 Å². The zero-order valence-electron chi connectivity index (χ0n) is 11.2. The van der Waals surface area contributed by atoms with E-state index in [1.807, 2.05) is 0 Å². The Hall–Kier alpha value is -2.21. The first-order valence-corrected chi connectivity index (χ1v) is 6.47. The second-order valence-corrected chi connectivity index (χ2v) is 4.67. The van der Waals surface area contributed by atoms with Gasteiger partial charge in [0, 0.05) is 11.9 Å². The summed E-state index contributed by atoms with van der Waals surface area (Å²) in [5, 5.41) is 16.4. The molecule has 1 unspecified atom stereocenters. The number of aliphatic hydroxyl groups is 1. The van der Waals surface area contributed by atoms with Gasteiger partial charge in [-0.05, 0) is 25.5 Å². The predicted octanol–water partition coefficient (Wildman–Crippen LogP) is 0.284. The Labute approximate surface area is 116 Å². The molecule has 0 saturated carbocycles. The van der Waals surface area contributed by atoms with Crippen LogP contribution in [0.3, 0.4) is 0 Å². The smallest absolute Gasteiger partial charge is 0.241 e. The predicted molar refractivity (Wildman–Crippen MR) is 75.3 cm³/mol. The molecule has 0 radical (unpaired) electrons. The number of fused-ring (bicyclic) bond motifs is 1. The van der Waals surface area contributed by atoms with Gasteiger partial charge in [0.05, 0.1) is 17.8 Å². The molecule has 1 heterocycles. The van der Waals surface area contributed by atoms with E-state index in [1.165, 1.54) is 10.9 Å². The quantitative estimate of drug-likeness (QED) is 0.821. The Bertz CT molecular complexity index is 664. The van der Waals surface area contributed by atoms with Crippen LogP contribution in [-0.4, -0.2) is 33.4 Å². The fourth-order valence-electron chi connectivity index (χ4n) is 1.90. The lowest BCUT2D eigenvalue weighted by atomic mass is 10.2. The number of hydrogen-bond acceptors (Lipinski definition) is 4. The zero-order valence-corrected chi connectivity index (χ0v) is 11.2. The van der Waals surface area contributed by atoms with Crippen LogP contribution in [0.4, 0.5) is 0 Å². The Balaban J connectivity index is 2.12. The lowest BCUT2D eigenvalue weighted by Crippen LogP contribution is -2.31. The van der Waals surface area contributed by atoms with Crippen molar-refractivity contribution in [2.24, 2.45) is 0 Å². The van der Waals surface area contributed by atoms with Gasteiger partial charge >= 0.3 is 0 Å². The molecule has 6 heteroatoms. The van der Waals surface area contributed by atoms with Gasteiger partial charge in [-0.15, -0.1) is 0 Å². The molecule has 2 aromatic rings. The molecule has 1 aromatic heterocycles. The van der Waals surface area contributed by atoms with Crippen molar-refractivity contribution in [1.82, 2.24) is 15.1 Å². The van der Waals surface area contributed by atoms with Crippen LogP contribution >= 0.6 is 0 Å². The van der Waals surface area contributed by atoms with Crippen LogP contribution in [-0.2, 0) is 11.3 Å². The molecular weight excluding hydrogens is 258 g/mol. The zero-order chi connectivity index (χ0) is 14.5. The normalized spacial score (nSPS) is 12.3. The maximum Gasteiger partial charge on any atom is 0.241 e. The minimum atomic E-state index is -0.443. The summed E-state index contributed by atoms with van der Waals surface area (Å²) in [6.07, 6.45) is 1.27. The Kier molecular flexibility index (Phi) is 4.47. The van der Waals surface area contributed by atoms with Gasteiger partial charge in [-0.3, -0.25) is 14.3 Å². The minimum Gasteiger partial charge on any atom is -0.393 e. The fraction of sp³-hybridized carbons (Fsp3) is 0.357. The largest absolute Gasteiger partial charge is 0.393 e. The first-order valence-electron chi connectivity index (χ1n) is 6.47. The number of nitrogens with zero attached hydrogens (tertiary/aromatic N) is 2. The molecule has 1 amide bonds. The van der Waals surface area contributed by atoms with E-state index in [0.29, 0.717) is 23.9 Å². The second kappa shape index (κ2) is 6.29. The molecule has 0 aliphatic heterocycles. The van der Waals surface area contributed by atoms with E-state index in [4.69, 9.17) is 5.11 Å². The van der Waals surface area contributed by atoms with Gasteiger partial charge in [0.25, 0.3) is 0 Å². The summed E-state index contributed by atoms with van der Waals surface area (Å²) < 4.78 is 1.49. The van der Waals surface area contributed by atoms with E-state index in [-0.39, 0.29) is 17.9 Å². The van der Waals surface area contributed by atoms with Crippen LogP contribution in [0.25, 0.3) is 10.9 Å². The topological polar surface area (TPSA) is 84.2 Å². The standard InChI is InChI=1S/C14H17N3O3/c1-10(18)6-7-15-14(20)9-17-12-5-3-2-4-11(12)13(19)8-16-17/h2-5,8,10,18H,6-7,9H2,1H3,(H,15,20). The monoisotopic (exact) mass is 275 g/mol. The molecule has 0 fully saturated rings. The van der Waals surface area contributed by atoms with Crippen LogP contribution in [0.5, 0.6) is 0 Å². The van der Waals surface area contributed by atoms with Gasteiger partial charge in [-0.1, -0.05) is 12.1 Å². The summed E-state index contributed by atoms with van der Waals surface area (Å²) in [5.41, 5.74) is 0.469. The van der Waals surface area contributed by atoms with Crippen LogP contribution in [0.1, 0.15) is 13.3 Å². The van der Waals surface area contributed by atoms with E-state index < -0.39 is 6.10 Å². The number of benzene rings is 1. The molecule has 6 nitrogen and oxygen atoms in total. The Morgan fingerprint density at radius 1 is 1.45 bits per heavy atom. The molecule has 106 valence electrons. The summed E-state index contributed by atoms with van der Waals surface area (Å²) in [7, 11) is 0. The van der Waals surface area contributed by atoms with Crippen molar-refractivity contribution in [2.75, 3.05) is 6.54 Å².